The topological polar surface area (TPSA) is 72.5 Å². The highest BCUT2D eigenvalue weighted by atomic mass is 16.5. The van der Waals surface area contributed by atoms with Crippen LogP contribution in [0.15, 0.2) is 36.4 Å². The standard InChI is InChI=1S/C14H15NO3/c1-14(15,13(16)17)11-7-3-6-10-9(11)5-4-8-12(10)18-2/h3-8H,15H2,1-2H3,(H,16,17). The Labute approximate surface area is 105 Å². The van der Waals surface area contributed by atoms with Crippen molar-refractivity contribution < 1.29 is 14.6 Å². The third kappa shape index (κ3) is 1.80. The van der Waals surface area contributed by atoms with Crippen molar-refractivity contribution in [1.82, 2.24) is 0 Å². The molecule has 0 heterocycles. The van der Waals surface area contributed by atoms with Crippen molar-refractivity contribution in [3.8, 4) is 5.75 Å². The summed E-state index contributed by atoms with van der Waals surface area (Å²) in [6.07, 6.45) is 0. The number of fused-ring (bicyclic) bond motifs is 1. The van der Waals surface area contributed by atoms with Crippen molar-refractivity contribution in [2.24, 2.45) is 5.73 Å². The van der Waals surface area contributed by atoms with Crippen molar-refractivity contribution in [2.45, 2.75) is 12.5 Å². The van der Waals surface area contributed by atoms with Crippen LogP contribution in [-0.2, 0) is 10.3 Å². The van der Waals surface area contributed by atoms with Gasteiger partial charge in [0.15, 0.2) is 0 Å². The van der Waals surface area contributed by atoms with Gasteiger partial charge in [0, 0.05) is 5.39 Å². The van der Waals surface area contributed by atoms with Crippen molar-refractivity contribution >= 4 is 16.7 Å². The molecule has 0 saturated heterocycles. The van der Waals surface area contributed by atoms with Crippen LogP contribution in [0.2, 0.25) is 0 Å². The normalized spacial score (nSPS) is 14.2. The molecule has 1 unspecified atom stereocenters. The minimum atomic E-state index is -1.42. The number of hydrogen-bond donors (Lipinski definition) is 2. The van der Waals surface area contributed by atoms with Gasteiger partial charge in [-0.2, -0.15) is 0 Å². The minimum Gasteiger partial charge on any atom is -0.496 e. The molecule has 94 valence electrons. The Hall–Kier alpha value is -2.07. The van der Waals surface area contributed by atoms with E-state index in [0.29, 0.717) is 11.3 Å². The lowest BCUT2D eigenvalue weighted by Gasteiger charge is -2.22. The Kier molecular flexibility index (Phi) is 2.97. The van der Waals surface area contributed by atoms with Crippen LogP contribution in [0.3, 0.4) is 0 Å². The molecule has 3 N–H and O–H groups in total. The molecule has 0 spiro atoms. The Morgan fingerprint density at radius 3 is 2.44 bits per heavy atom. The number of carboxylic acid groups (broad SMARTS) is 1. The van der Waals surface area contributed by atoms with E-state index in [1.165, 1.54) is 6.92 Å². The number of nitrogens with two attached hydrogens (primary N) is 1. The first-order valence-electron chi connectivity index (χ1n) is 5.57. The second kappa shape index (κ2) is 4.31. The van der Waals surface area contributed by atoms with Gasteiger partial charge in [-0.3, -0.25) is 0 Å². The molecule has 1 atom stereocenters. The summed E-state index contributed by atoms with van der Waals surface area (Å²) >= 11 is 0. The highest BCUT2D eigenvalue weighted by Gasteiger charge is 2.31. The highest BCUT2D eigenvalue weighted by Crippen LogP contribution is 2.32. The van der Waals surface area contributed by atoms with E-state index in [1.807, 2.05) is 24.3 Å². The molecule has 18 heavy (non-hydrogen) atoms. The largest absolute Gasteiger partial charge is 0.496 e. The predicted molar refractivity (Wildman–Crippen MR) is 69.7 cm³/mol. The predicted octanol–water partition coefficient (Wildman–Crippen LogP) is 2.11. The minimum absolute atomic E-state index is 0.575. The van der Waals surface area contributed by atoms with E-state index in [1.54, 1.807) is 19.2 Å². The summed E-state index contributed by atoms with van der Waals surface area (Å²) in [5, 5.41) is 10.9. The lowest BCUT2D eigenvalue weighted by atomic mass is 9.88. The highest BCUT2D eigenvalue weighted by molar-refractivity contribution is 5.95. The summed E-state index contributed by atoms with van der Waals surface area (Å²) in [7, 11) is 1.58. The number of rotatable bonds is 3. The summed E-state index contributed by atoms with van der Waals surface area (Å²) < 4.78 is 5.27. The van der Waals surface area contributed by atoms with E-state index >= 15 is 0 Å². The first kappa shape index (κ1) is 12.4. The first-order valence-corrected chi connectivity index (χ1v) is 5.57. The molecule has 2 aromatic carbocycles. The van der Waals surface area contributed by atoms with E-state index in [0.717, 1.165) is 10.8 Å². The molecule has 0 amide bonds. The van der Waals surface area contributed by atoms with Gasteiger partial charge in [-0.15, -0.1) is 0 Å². The quantitative estimate of drug-likeness (QED) is 0.868. The molecule has 4 nitrogen and oxygen atoms in total. The lowest BCUT2D eigenvalue weighted by molar-refractivity contribution is -0.142. The number of methoxy groups -OCH3 is 1. The number of aliphatic carboxylic acids is 1. The molecule has 0 aliphatic heterocycles. The SMILES string of the molecule is COc1cccc2c(C(C)(N)C(=O)O)cccc12. The number of benzene rings is 2. The fourth-order valence-electron chi connectivity index (χ4n) is 2.03. The molecule has 2 rings (SSSR count). The van der Waals surface area contributed by atoms with Gasteiger partial charge in [0.05, 0.1) is 7.11 Å². The van der Waals surface area contributed by atoms with Gasteiger partial charge < -0.3 is 15.6 Å². The van der Waals surface area contributed by atoms with E-state index in [-0.39, 0.29) is 0 Å². The number of hydrogen-bond acceptors (Lipinski definition) is 3. The van der Waals surface area contributed by atoms with Crippen LogP contribution in [-0.4, -0.2) is 18.2 Å². The second-order valence-corrected chi connectivity index (χ2v) is 4.37. The summed E-state index contributed by atoms with van der Waals surface area (Å²) in [6.45, 7) is 1.49. The van der Waals surface area contributed by atoms with Gasteiger partial charge in [0.1, 0.15) is 11.3 Å². The average Bonchev–Trinajstić information content (AvgIpc) is 2.36. The summed E-state index contributed by atoms with van der Waals surface area (Å²) in [5.74, 6) is -0.353. The zero-order valence-corrected chi connectivity index (χ0v) is 10.3. The Morgan fingerprint density at radius 1 is 1.22 bits per heavy atom. The summed E-state index contributed by atoms with van der Waals surface area (Å²) in [6, 6.07) is 10.9. The van der Waals surface area contributed by atoms with Crippen LogP contribution < -0.4 is 10.5 Å². The number of ether oxygens (including phenoxy) is 1. The molecule has 0 fully saturated rings. The molecule has 0 aliphatic carbocycles. The maximum absolute atomic E-state index is 11.3. The van der Waals surface area contributed by atoms with E-state index in [9.17, 15) is 9.90 Å². The maximum atomic E-state index is 11.3. The molecule has 4 heteroatoms. The fourth-order valence-corrected chi connectivity index (χ4v) is 2.03. The molecule has 0 saturated carbocycles. The van der Waals surface area contributed by atoms with Crippen LogP contribution in [0.25, 0.3) is 10.8 Å². The molecule has 0 aliphatic rings. The Balaban J connectivity index is 2.78. The molecule has 2 aromatic rings. The van der Waals surface area contributed by atoms with Crippen molar-refractivity contribution in [1.29, 1.82) is 0 Å². The van der Waals surface area contributed by atoms with Crippen LogP contribution in [0.4, 0.5) is 0 Å². The van der Waals surface area contributed by atoms with E-state index in [2.05, 4.69) is 0 Å². The van der Waals surface area contributed by atoms with E-state index < -0.39 is 11.5 Å². The van der Waals surface area contributed by atoms with Gasteiger partial charge in [-0.25, -0.2) is 4.79 Å². The molecule has 0 radical (unpaired) electrons. The van der Waals surface area contributed by atoms with Crippen molar-refractivity contribution in [3.05, 3.63) is 42.0 Å². The van der Waals surface area contributed by atoms with Gasteiger partial charge in [-0.05, 0) is 23.9 Å². The van der Waals surface area contributed by atoms with Crippen molar-refractivity contribution in [2.75, 3.05) is 7.11 Å². The fraction of sp³-hybridized carbons (Fsp3) is 0.214. The zero-order valence-electron chi connectivity index (χ0n) is 10.3. The van der Waals surface area contributed by atoms with Crippen LogP contribution in [0, 0.1) is 0 Å². The van der Waals surface area contributed by atoms with Crippen LogP contribution in [0.5, 0.6) is 5.75 Å². The van der Waals surface area contributed by atoms with Crippen molar-refractivity contribution in [3.63, 3.8) is 0 Å². The molecular formula is C14H15NO3. The first-order chi connectivity index (χ1) is 8.48. The van der Waals surface area contributed by atoms with Gasteiger partial charge in [0.2, 0.25) is 0 Å². The average molecular weight is 245 g/mol. The lowest BCUT2D eigenvalue weighted by Crippen LogP contribution is -2.41. The second-order valence-electron chi connectivity index (χ2n) is 4.37. The zero-order chi connectivity index (χ0) is 13.3. The monoisotopic (exact) mass is 245 g/mol. The number of carbonyl (C=O) groups is 1. The summed E-state index contributed by atoms with van der Waals surface area (Å²) in [4.78, 5) is 11.3. The summed E-state index contributed by atoms with van der Waals surface area (Å²) in [5.41, 5.74) is 5.05. The third-order valence-corrected chi connectivity index (χ3v) is 3.11. The van der Waals surface area contributed by atoms with E-state index in [4.69, 9.17) is 10.5 Å². The maximum Gasteiger partial charge on any atom is 0.328 e. The van der Waals surface area contributed by atoms with Crippen LogP contribution >= 0.6 is 0 Å². The number of carboxylic acids is 1. The van der Waals surface area contributed by atoms with Gasteiger partial charge in [-0.1, -0.05) is 30.3 Å². The Bertz CT molecular complexity index is 605. The molecule has 0 aromatic heterocycles. The van der Waals surface area contributed by atoms with Crippen LogP contribution in [0.1, 0.15) is 12.5 Å². The smallest absolute Gasteiger partial charge is 0.328 e. The van der Waals surface area contributed by atoms with Gasteiger partial charge in [0.25, 0.3) is 0 Å². The molecule has 0 bridgehead atoms. The third-order valence-electron chi connectivity index (χ3n) is 3.11. The van der Waals surface area contributed by atoms with Gasteiger partial charge >= 0.3 is 5.97 Å². The molecular weight excluding hydrogens is 230 g/mol. The Morgan fingerprint density at radius 2 is 1.83 bits per heavy atom.